The lowest BCUT2D eigenvalue weighted by molar-refractivity contribution is -0.150. The van der Waals surface area contributed by atoms with Crippen molar-refractivity contribution in [3.63, 3.8) is 0 Å². The topological polar surface area (TPSA) is 32.3 Å². The van der Waals surface area contributed by atoms with Gasteiger partial charge in [0.1, 0.15) is 0 Å². The van der Waals surface area contributed by atoms with Gasteiger partial charge in [-0.1, -0.05) is 0 Å². The number of hydrogen-bond donors (Lipinski definition) is 1. The van der Waals surface area contributed by atoms with Crippen LogP contribution >= 0.6 is 0 Å². The van der Waals surface area contributed by atoms with Crippen LogP contribution in [-0.4, -0.2) is 36.5 Å². The van der Waals surface area contributed by atoms with Crippen molar-refractivity contribution < 1.29 is 4.79 Å². The number of carbonyl (C=O) groups is 1. The zero-order valence-corrected chi connectivity index (χ0v) is 12.7. The summed E-state index contributed by atoms with van der Waals surface area (Å²) in [5, 5.41) is 3.42. The Morgan fingerprint density at radius 3 is 2.25 bits per heavy atom. The van der Waals surface area contributed by atoms with Crippen molar-refractivity contribution in [2.24, 2.45) is 29.6 Å². The summed E-state index contributed by atoms with van der Waals surface area (Å²) in [6.07, 6.45) is 8.02. The van der Waals surface area contributed by atoms with Crippen LogP contribution in [0.25, 0.3) is 0 Å². The Morgan fingerprint density at radius 1 is 1.10 bits per heavy atom. The van der Waals surface area contributed by atoms with Crippen LogP contribution < -0.4 is 5.32 Å². The molecule has 0 aromatic rings. The second kappa shape index (κ2) is 5.01. The molecule has 0 aromatic carbocycles. The van der Waals surface area contributed by atoms with Crippen molar-refractivity contribution in [2.45, 2.75) is 51.5 Å². The fourth-order valence-corrected chi connectivity index (χ4v) is 6.02. The van der Waals surface area contributed by atoms with E-state index in [0.717, 1.165) is 49.7 Å². The molecule has 112 valence electrons. The molecule has 0 radical (unpaired) electrons. The first kappa shape index (κ1) is 13.1. The predicted molar refractivity (Wildman–Crippen MR) is 79.2 cm³/mol. The fraction of sp³-hybridized carbons (Fsp3) is 0.941. The normalized spacial score (nSPS) is 45.9. The molecule has 4 saturated carbocycles. The first-order valence-electron chi connectivity index (χ1n) is 8.77. The van der Waals surface area contributed by atoms with Crippen molar-refractivity contribution in [2.75, 3.05) is 19.6 Å². The van der Waals surface area contributed by atoms with E-state index < -0.39 is 0 Å². The average Bonchev–Trinajstić information content (AvgIpc) is 2.92. The quantitative estimate of drug-likeness (QED) is 0.857. The molecule has 1 heterocycles. The number of hydrogen-bond acceptors (Lipinski definition) is 2. The lowest BCUT2D eigenvalue weighted by atomic mass is 9.51. The number of amides is 1. The molecule has 3 heteroatoms. The van der Waals surface area contributed by atoms with Gasteiger partial charge in [-0.3, -0.25) is 4.79 Å². The van der Waals surface area contributed by atoms with Crippen molar-refractivity contribution in [3.8, 4) is 0 Å². The Kier molecular flexibility index (Phi) is 3.29. The Hall–Kier alpha value is -0.570. The minimum absolute atomic E-state index is 0.378. The van der Waals surface area contributed by atoms with Gasteiger partial charge in [-0.25, -0.2) is 0 Å². The maximum Gasteiger partial charge on any atom is 0.226 e. The van der Waals surface area contributed by atoms with Gasteiger partial charge in [0.2, 0.25) is 5.91 Å². The maximum atomic E-state index is 13.1. The zero-order valence-electron chi connectivity index (χ0n) is 12.7. The van der Waals surface area contributed by atoms with Crippen molar-refractivity contribution in [1.29, 1.82) is 0 Å². The molecule has 5 aliphatic rings. The molecule has 20 heavy (non-hydrogen) atoms. The molecule has 3 nitrogen and oxygen atoms in total. The van der Waals surface area contributed by atoms with Crippen LogP contribution in [0.15, 0.2) is 0 Å². The van der Waals surface area contributed by atoms with Crippen molar-refractivity contribution >= 4 is 5.91 Å². The van der Waals surface area contributed by atoms with Crippen molar-refractivity contribution in [3.05, 3.63) is 0 Å². The van der Waals surface area contributed by atoms with Crippen LogP contribution in [0.1, 0.15) is 45.4 Å². The van der Waals surface area contributed by atoms with E-state index in [1.807, 2.05) is 0 Å². The molecule has 1 aliphatic heterocycles. The van der Waals surface area contributed by atoms with Crippen LogP contribution in [0.5, 0.6) is 0 Å². The summed E-state index contributed by atoms with van der Waals surface area (Å²) in [7, 11) is 0. The molecule has 4 aliphatic carbocycles. The largest absolute Gasteiger partial charge is 0.338 e. The van der Waals surface area contributed by atoms with Gasteiger partial charge in [0.15, 0.2) is 0 Å². The van der Waals surface area contributed by atoms with Crippen LogP contribution in [0.2, 0.25) is 0 Å². The van der Waals surface area contributed by atoms with E-state index in [1.54, 1.807) is 0 Å². The van der Waals surface area contributed by atoms with Gasteiger partial charge in [0.25, 0.3) is 0 Å². The van der Waals surface area contributed by atoms with Gasteiger partial charge in [-0.2, -0.15) is 0 Å². The Labute approximate surface area is 122 Å². The first-order chi connectivity index (χ1) is 9.76. The lowest BCUT2D eigenvalue weighted by Crippen LogP contribution is -2.54. The van der Waals surface area contributed by atoms with E-state index in [4.69, 9.17) is 0 Å². The summed E-state index contributed by atoms with van der Waals surface area (Å²) >= 11 is 0. The summed E-state index contributed by atoms with van der Waals surface area (Å²) in [6, 6.07) is 0.463. The second-order valence-corrected chi connectivity index (χ2v) is 7.73. The minimum Gasteiger partial charge on any atom is -0.338 e. The highest BCUT2D eigenvalue weighted by Crippen LogP contribution is 2.56. The molecule has 1 atom stereocenters. The van der Waals surface area contributed by atoms with Gasteiger partial charge < -0.3 is 10.2 Å². The van der Waals surface area contributed by atoms with Crippen molar-refractivity contribution in [1.82, 2.24) is 10.2 Å². The smallest absolute Gasteiger partial charge is 0.226 e. The summed E-state index contributed by atoms with van der Waals surface area (Å²) in [5.41, 5.74) is 0. The SMILES string of the molecule is CCN(C(=O)C1C2CC3CC(C2)CC1C3)C1CCNC1. The van der Waals surface area contributed by atoms with E-state index in [9.17, 15) is 4.79 Å². The Morgan fingerprint density at radius 2 is 1.75 bits per heavy atom. The van der Waals surface area contributed by atoms with E-state index in [-0.39, 0.29) is 0 Å². The summed E-state index contributed by atoms with van der Waals surface area (Å²) in [6.45, 7) is 5.14. The second-order valence-electron chi connectivity index (χ2n) is 7.73. The summed E-state index contributed by atoms with van der Waals surface area (Å²) in [4.78, 5) is 15.4. The molecular formula is C17H28N2O. The fourth-order valence-electron chi connectivity index (χ4n) is 6.02. The number of carbonyl (C=O) groups excluding carboxylic acids is 1. The summed E-state index contributed by atoms with van der Waals surface area (Å²) in [5.74, 6) is 4.26. The minimum atomic E-state index is 0.378. The molecule has 5 fully saturated rings. The zero-order chi connectivity index (χ0) is 13.7. The first-order valence-corrected chi connectivity index (χ1v) is 8.77. The predicted octanol–water partition coefficient (Wildman–Crippen LogP) is 2.27. The third-order valence-corrected chi connectivity index (χ3v) is 6.61. The van der Waals surface area contributed by atoms with E-state index in [2.05, 4.69) is 17.1 Å². The van der Waals surface area contributed by atoms with Crippen LogP contribution in [-0.2, 0) is 4.79 Å². The summed E-state index contributed by atoms with van der Waals surface area (Å²) < 4.78 is 0. The van der Waals surface area contributed by atoms with Gasteiger partial charge >= 0.3 is 0 Å². The third-order valence-electron chi connectivity index (χ3n) is 6.61. The van der Waals surface area contributed by atoms with E-state index in [1.165, 1.54) is 32.1 Å². The highest BCUT2D eigenvalue weighted by atomic mass is 16.2. The monoisotopic (exact) mass is 276 g/mol. The molecule has 5 rings (SSSR count). The van der Waals surface area contributed by atoms with Gasteiger partial charge in [0.05, 0.1) is 0 Å². The molecule has 1 saturated heterocycles. The van der Waals surface area contributed by atoms with Crippen LogP contribution in [0.3, 0.4) is 0 Å². The molecule has 4 bridgehead atoms. The van der Waals surface area contributed by atoms with Gasteiger partial charge in [0, 0.05) is 25.0 Å². The molecule has 1 unspecified atom stereocenters. The van der Waals surface area contributed by atoms with Gasteiger partial charge in [-0.05, 0) is 75.7 Å². The Bertz CT molecular complexity index is 360. The average molecular weight is 276 g/mol. The number of likely N-dealkylation sites (N-methyl/N-ethyl adjacent to an activating group) is 1. The lowest BCUT2D eigenvalue weighted by Gasteiger charge is -2.54. The molecule has 0 spiro atoms. The standard InChI is InChI=1S/C17H28N2O/c1-2-19(15-3-4-18-10-15)17(20)16-13-6-11-5-12(8-13)9-14(16)7-11/h11-16,18H,2-10H2,1H3. The van der Waals surface area contributed by atoms with Crippen LogP contribution in [0.4, 0.5) is 0 Å². The maximum absolute atomic E-state index is 13.1. The van der Waals surface area contributed by atoms with Gasteiger partial charge in [-0.15, -0.1) is 0 Å². The van der Waals surface area contributed by atoms with E-state index in [0.29, 0.717) is 17.9 Å². The number of nitrogens with zero attached hydrogens (tertiary/aromatic N) is 1. The third kappa shape index (κ3) is 2.01. The molecule has 1 amide bonds. The molecular weight excluding hydrogens is 248 g/mol. The molecule has 1 N–H and O–H groups in total. The Balaban J connectivity index is 1.52. The highest BCUT2D eigenvalue weighted by Gasteiger charge is 2.51. The molecule has 0 aromatic heterocycles. The van der Waals surface area contributed by atoms with E-state index >= 15 is 0 Å². The highest BCUT2D eigenvalue weighted by molar-refractivity contribution is 5.80. The number of rotatable bonds is 3. The van der Waals surface area contributed by atoms with Crippen LogP contribution in [0, 0.1) is 29.6 Å². The number of nitrogens with one attached hydrogen (secondary N) is 1.